The van der Waals surface area contributed by atoms with Crippen LogP contribution in [-0.4, -0.2) is 41.1 Å². The van der Waals surface area contributed by atoms with E-state index in [1.165, 1.54) is 0 Å². The highest BCUT2D eigenvalue weighted by molar-refractivity contribution is 7.89. The molecule has 0 amide bonds. The average Bonchev–Trinajstić information content (AvgIpc) is 3.31. The van der Waals surface area contributed by atoms with Gasteiger partial charge in [-0.2, -0.15) is 9.40 Å². The minimum absolute atomic E-state index is 0.298. The normalized spacial score (nSPS) is 14.7. The predicted octanol–water partition coefficient (Wildman–Crippen LogP) is 3.48. The highest BCUT2D eigenvalue weighted by Crippen LogP contribution is 2.34. The van der Waals surface area contributed by atoms with Gasteiger partial charge in [0.15, 0.2) is 0 Å². The van der Waals surface area contributed by atoms with Gasteiger partial charge in [-0.15, -0.1) is 11.3 Å². The highest BCUT2D eigenvalue weighted by Gasteiger charge is 2.32. The summed E-state index contributed by atoms with van der Waals surface area (Å²) in [5, 5.41) is 5.24. The molecular weight excluding hydrogens is 408 g/mol. The number of aromatic nitrogens is 3. The molecule has 0 bridgehead atoms. The molecule has 9 heteroatoms. The van der Waals surface area contributed by atoms with Gasteiger partial charge in [-0.25, -0.2) is 13.4 Å². The van der Waals surface area contributed by atoms with Crippen molar-refractivity contribution in [2.75, 3.05) is 13.7 Å². The summed E-state index contributed by atoms with van der Waals surface area (Å²) in [4.78, 5) is 6.05. The van der Waals surface area contributed by atoms with Crippen molar-refractivity contribution in [3.8, 4) is 16.3 Å². The summed E-state index contributed by atoms with van der Waals surface area (Å²) in [6.07, 6.45) is 3.16. The van der Waals surface area contributed by atoms with Crippen LogP contribution in [0.25, 0.3) is 10.6 Å². The SMILES string of the molecule is CCCn1cc(S(=O)(=O)N2CCc3nc(-c4cccc(OC)c4)sc3C2)c(C)n1. The Labute approximate surface area is 175 Å². The van der Waals surface area contributed by atoms with E-state index >= 15 is 0 Å². The number of hydrogen-bond donors (Lipinski definition) is 0. The lowest BCUT2D eigenvalue weighted by Gasteiger charge is -2.25. The zero-order valence-electron chi connectivity index (χ0n) is 16.8. The standard InChI is InChI=1S/C20H24N4O3S2/c1-4-9-23-13-19(14(2)22-23)29(25,26)24-10-8-17-18(12-24)28-20(21-17)15-6-5-7-16(11-15)27-3/h5-7,11,13H,4,8-10,12H2,1-3H3. The Morgan fingerprint density at radius 3 is 2.90 bits per heavy atom. The number of methoxy groups -OCH3 is 1. The molecule has 0 aliphatic carbocycles. The number of rotatable bonds is 6. The van der Waals surface area contributed by atoms with Crippen LogP contribution in [0.15, 0.2) is 35.4 Å². The van der Waals surface area contributed by atoms with Crippen molar-refractivity contribution in [2.24, 2.45) is 0 Å². The van der Waals surface area contributed by atoms with Crippen LogP contribution in [-0.2, 0) is 29.5 Å². The molecule has 4 rings (SSSR count). The Kier molecular flexibility index (Phi) is 5.46. The van der Waals surface area contributed by atoms with Crippen LogP contribution >= 0.6 is 11.3 Å². The van der Waals surface area contributed by atoms with Gasteiger partial charge in [0.05, 0.1) is 25.0 Å². The zero-order valence-corrected chi connectivity index (χ0v) is 18.4. The molecule has 3 aromatic rings. The molecule has 1 aliphatic heterocycles. The van der Waals surface area contributed by atoms with Crippen LogP contribution in [0.2, 0.25) is 0 Å². The van der Waals surface area contributed by atoms with Crippen LogP contribution in [0, 0.1) is 6.92 Å². The molecule has 2 aromatic heterocycles. The quantitative estimate of drug-likeness (QED) is 0.596. The number of thiazole rings is 1. The van der Waals surface area contributed by atoms with Crippen molar-refractivity contribution in [3.63, 3.8) is 0 Å². The summed E-state index contributed by atoms with van der Waals surface area (Å²) in [6, 6.07) is 7.77. The lowest BCUT2D eigenvalue weighted by molar-refractivity contribution is 0.392. The highest BCUT2D eigenvalue weighted by atomic mass is 32.2. The third kappa shape index (κ3) is 3.82. The second-order valence-electron chi connectivity index (χ2n) is 7.05. The molecule has 0 saturated heterocycles. The topological polar surface area (TPSA) is 77.3 Å². The molecule has 3 heterocycles. The molecule has 29 heavy (non-hydrogen) atoms. The first kappa shape index (κ1) is 20.1. The van der Waals surface area contributed by atoms with Gasteiger partial charge in [-0.05, 0) is 25.5 Å². The van der Waals surface area contributed by atoms with Crippen LogP contribution in [0.3, 0.4) is 0 Å². The zero-order chi connectivity index (χ0) is 20.6. The van der Waals surface area contributed by atoms with Gasteiger partial charge in [0.1, 0.15) is 15.7 Å². The van der Waals surface area contributed by atoms with Crippen molar-refractivity contribution < 1.29 is 13.2 Å². The maximum atomic E-state index is 13.2. The smallest absolute Gasteiger partial charge is 0.246 e. The maximum Gasteiger partial charge on any atom is 0.246 e. The molecule has 0 spiro atoms. The van der Waals surface area contributed by atoms with Crippen molar-refractivity contribution in [3.05, 3.63) is 46.7 Å². The van der Waals surface area contributed by atoms with E-state index < -0.39 is 10.0 Å². The van der Waals surface area contributed by atoms with Crippen LogP contribution in [0.1, 0.15) is 29.6 Å². The average molecular weight is 433 g/mol. The minimum Gasteiger partial charge on any atom is -0.497 e. The number of nitrogens with zero attached hydrogens (tertiary/aromatic N) is 4. The Morgan fingerprint density at radius 2 is 2.14 bits per heavy atom. The van der Waals surface area contributed by atoms with Crippen molar-refractivity contribution >= 4 is 21.4 Å². The lowest BCUT2D eigenvalue weighted by Crippen LogP contribution is -2.35. The number of ether oxygens (including phenoxy) is 1. The molecule has 7 nitrogen and oxygen atoms in total. The molecule has 1 aromatic carbocycles. The fourth-order valence-electron chi connectivity index (χ4n) is 3.49. The number of aryl methyl sites for hydroxylation is 2. The molecular formula is C20H24N4O3S2. The van der Waals surface area contributed by atoms with Crippen LogP contribution in [0.4, 0.5) is 0 Å². The first-order chi connectivity index (χ1) is 13.9. The summed E-state index contributed by atoms with van der Waals surface area (Å²) in [7, 11) is -1.95. The first-order valence-corrected chi connectivity index (χ1v) is 11.8. The molecule has 1 aliphatic rings. The van der Waals surface area contributed by atoms with E-state index in [0.29, 0.717) is 36.6 Å². The number of benzene rings is 1. The van der Waals surface area contributed by atoms with E-state index in [1.807, 2.05) is 31.2 Å². The van der Waals surface area contributed by atoms with E-state index in [1.54, 1.807) is 40.6 Å². The second-order valence-corrected chi connectivity index (χ2v) is 10.0. The molecule has 0 unspecified atom stereocenters. The fraction of sp³-hybridized carbons (Fsp3) is 0.400. The van der Waals surface area contributed by atoms with E-state index in [2.05, 4.69) is 5.10 Å². The van der Waals surface area contributed by atoms with Gasteiger partial charge in [0, 0.05) is 36.1 Å². The monoisotopic (exact) mass is 432 g/mol. The third-order valence-corrected chi connectivity index (χ3v) is 8.06. The number of sulfonamides is 1. The molecule has 0 fully saturated rings. The summed E-state index contributed by atoms with van der Waals surface area (Å²) in [5.41, 5.74) is 2.51. The van der Waals surface area contributed by atoms with Gasteiger partial charge in [-0.3, -0.25) is 4.68 Å². The van der Waals surface area contributed by atoms with Gasteiger partial charge < -0.3 is 4.74 Å². The van der Waals surface area contributed by atoms with E-state index in [0.717, 1.165) is 33.3 Å². The van der Waals surface area contributed by atoms with Gasteiger partial charge in [0.2, 0.25) is 10.0 Å². The third-order valence-electron chi connectivity index (χ3n) is 4.98. The lowest BCUT2D eigenvalue weighted by atomic mass is 10.2. The van der Waals surface area contributed by atoms with Crippen LogP contribution < -0.4 is 4.74 Å². The van der Waals surface area contributed by atoms with E-state index in [4.69, 9.17) is 9.72 Å². The molecule has 0 saturated carbocycles. The molecule has 0 N–H and O–H groups in total. The second kappa shape index (κ2) is 7.89. The van der Waals surface area contributed by atoms with Crippen molar-refractivity contribution in [1.29, 1.82) is 0 Å². The summed E-state index contributed by atoms with van der Waals surface area (Å²) in [5.74, 6) is 0.777. The van der Waals surface area contributed by atoms with E-state index in [-0.39, 0.29) is 0 Å². The largest absolute Gasteiger partial charge is 0.497 e. The Morgan fingerprint density at radius 1 is 1.31 bits per heavy atom. The summed E-state index contributed by atoms with van der Waals surface area (Å²) < 4.78 is 35.0. The van der Waals surface area contributed by atoms with E-state index in [9.17, 15) is 8.42 Å². The Balaban J connectivity index is 1.61. The summed E-state index contributed by atoms with van der Waals surface area (Å²) in [6.45, 7) is 5.27. The van der Waals surface area contributed by atoms with Crippen molar-refractivity contribution in [2.45, 2.75) is 44.7 Å². The molecule has 0 atom stereocenters. The van der Waals surface area contributed by atoms with Crippen LogP contribution in [0.5, 0.6) is 5.75 Å². The van der Waals surface area contributed by atoms with Crippen molar-refractivity contribution in [1.82, 2.24) is 19.1 Å². The maximum absolute atomic E-state index is 13.2. The summed E-state index contributed by atoms with van der Waals surface area (Å²) >= 11 is 1.55. The molecule has 0 radical (unpaired) electrons. The van der Waals surface area contributed by atoms with Gasteiger partial charge >= 0.3 is 0 Å². The Hall–Kier alpha value is -2.23. The van der Waals surface area contributed by atoms with Gasteiger partial charge in [-0.1, -0.05) is 19.1 Å². The number of fused-ring (bicyclic) bond motifs is 1. The fourth-order valence-corrected chi connectivity index (χ4v) is 6.27. The minimum atomic E-state index is -3.59. The number of hydrogen-bond acceptors (Lipinski definition) is 6. The predicted molar refractivity (Wildman–Crippen MR) is 113 cm³/mol. The Bertz CT molecular complexity index is 1130. The molecule has 154 valence electrons. The van der Waals surface area contributed by atoms with Gasteiger partial charge in [0.25, 0.3) is 0 Å². The first-order valence-electron chi connectivity index (χ1n) is 9.59.